The van der Waals surface area contributed by atoms with Crippen LogP contribution in [0.3, 0.4) is 0 Å². The van der Waals surface area contributed by atoms with E-state index >= 15 is 0 Å². The molecule has 1 aromatic carbocycles. The molecule has 5 nitrogen and oxygen atoms in total. The summed E-state index contributed by atoms with van der Waals surface area (Å²) in [5.74, 6) is 0.241. The Bertz CT molecular complexity index is 442. The number of hydrogen-bond donors (Lipinski definition) is 1. The molecule has 1 aromatic heterocycles. The Kier molecular flexibility index (Phi) is 2.36. The maximum Gasteiger partial charge on any atom is 0.213 e. The number of aromatic nitrogens is 4. The number of hydrogen-bond acceptors (Lipinski definition) is 5. The van der Waals surface area contributed by atoms with E-state index in [0.717, 1.165) is 4.90 Å². The Morgan fingerprint density at radius 2 is 2.29 bits per heavy atom. The van der Waals surface area contributed by atoms with E-state index < -0.39 is 0 Å². The lowest BCUT2D eigenvalue weighted by atomic mass is 10.3. The first kappa shape index (κ1) is 9.01. The number of tetrazole rings is 1. The summed E-state index contributed by atoms with van der Waals surface area (Å²) in [6, 6.07) is 6.96. The molecule has 0 aliphatic carbocycles. The van der Waals surface area contributed by atoms with Crippen molar-refractivity contribution in [1.29, 1.82) is 0 Å². The molecular formula is C8H8N4OS. The fourth-order valence-electron chi connectivity index (χ4n) is 0.960. The standard InChI is InChI=1S/C8H8N4OS/c1-12-8(9-10-11-12)14-7-4-2-3-6(13)5-7/h2-5,13H,1H3. The third-order valence-electron chi connectivity index (χ3n) is 1.61. The minimum absolute atomic E-state index is 0.241. The van der Waals surface area contributed by atoms with Crippen LogP contribution in [0, 0.1) is 0 Å². The molecule has 0 atom stereocenters. The van der Waals surface area contributed by atoms with Gasteiger partial charge in [0.15, 0.2) is 0 Å². The number of aryl methyl sites for hydroxylation is 1. The second-order valence-electron chi connectivity index (χ2n) is 2.68. The Hall–Kier alpha value is -1.56. The van der Waals surface area contributed by atoms with Gasteiger partial charge in [-0.05, 0) is 40.4 Å². The van der Waals surface area contributed by atoms with Crippen LogP contribution in [-0.4, -0.2) is 25.3 Å². The zero-order valence-electron chi connectivity index (χ0n) is 7.45. The fraction of sp³-hybridized carbons (Fsp3) is 0.125. The van der Waals surface area contributed by atoms with Gasteiger partial charge in [0.25, 0.3) is 0 Å². The molecule has 0 aliphatic heterocycles. The molecule has 0 saturated heterocycles. The summed E-state index contributed by atoms with van der Waals surface area (Å²) in [6.45, 7) is 0. The highest BCUT2D eigenvalue weighted by Crippen LogP contribution is 2.26. The Morgan fingerprint density at radius 3 is 2.93 bits per heavy atom. The van der Waals surface area contributed by atoms with Gasteiger partial charge in [0.2, 0.25) is 5.16 Å². The number of rotatable bonds is 2. The molecule has 0 saturated carbocycles. The largest absolute Gasteiger partial charge is 0.508 e. The molecule has 14 heavy (non-hydrogen) atoms. The van der Waals surface area contributed by atoms with Crippen LogP contribution in [-0.2, 0) is 7.05 Å². The summed E-state index contributed by atoms with van der Waals surface area (Å²) in [5.41, 5.74) is 0. The van der Waals surface area contributed by atoms with Gasteiger partial charge in [-0.25, -0.2) is 4.68 Å². The normalized spacial score (nSPS) is 10.4. The van der Waals surface area contributed by atoms with Crippen LogP contribution in [0.1, 0.15) is 0 Å². The van der Waals surface area contributed by atoms with Gasteiger partial charge < -0.3 is 5.11 Å². The summed E-state index contributed by atoms with van der Waals surface area (Å²) in [4.78, 5) is 0.905. The van der Waals surface area contributed by atoms with Crippen LogP contribution in [0.5, 0.6) is 5.75 Å². The van der Waals surface area contributed by atoms with E-state index in [1.165, 1.54) is 11.8 Å². The van der Waals surface area contributed by atoms with E-state index in [9.17, 15) is 5.11 Å². The van der Waals surface area contributed by atoms with Crippen molar-refractivity contribution in [3.8, 4) is 5.75 Å². The SMILES string of the molecule is Cn1nnnc1Sc1cccc(O)c1. The highest BCUT2D eigenvalue weighted by Gasteiger charge is 2.04. The van der Waals surface area contributed by atoms with Crippen molar-refractivity contribution in [3.63, 3.8) is 0 Å². The Balaban J connectivity index is 2.23. The minimum Gasteiger partial charge on any atom is -0.508 e. The average molecular weight is 208 g/mol. The van der Waals surface area contributed by atoms with E-state index in [4.69, 9.17) is 0 Å². The van der Waals surface area contributed by atoms with Gasteiger partial charge in [0, 0.05) is 11.9 Å². The molecule has 0 aliphatic rings. The average Bonchev–Trinajstić information content (AvgIpc) is 2.52. The maximum absolute atomic E-state index is 9.24. The van der Waals surface area contributed by atoms with Crippen LogP contribution in [0.25, 0.3) is 0 Å². The van der Waals surface area contributed by atoms with Crippen LogP contribution in [0.4, 0.5) is 0 Å². The molecule has 0 amide bonds. The van der Waals surface area contributed by atoms with E-state index in [-0.39, 0.29) is 5.75 Å². The third-order valence-corrected chi connectivity index (χ3v) is 2.63. The summed E-state index contributed by atoms with van der Waals surface area (Å²) < 4.78 is 1.58. The lowest BCUT2D eigenvalue weighted by molar-refractivity contribution is 0.474. The molecule has 2 rings (SSSR count). The van der Waals surface area contributed by atoms with E-state index in [1.807, 2.05) is 6.07 Å². The number of phenolic OH excluding ortho intramolecular Hbond substituents is 1. The Labute approximate surface area is 84.8 Å². The highest BCUT2D eigenvalue weighted by molar-refractivity contribution is 7.99. The number of nitrogens with zero attached hydrogens (tertiary/aromatic N) is 4. The van der Waals surface area contributed by atoms with E-state index in [1.54, 1.807) is 29.9 Å². The van der Waals surface area contributed by atoms with Gasteiger partial charge >= 0.3 is 0 Å². The topological polar surface area (TPSA) is 63.8 Å². The summed E-state index contributed by atoms with van der Waals surface area (Å²) >= 11 is 1.40. The molecule has 0 unspecified atom stereocenters. The van der Waals surface area contributed by atoms with Crippen molar-refractivity contribution in [2.75, 3.05) is 0 Å². The molecule has 1 N–H and O–H groups in total. The minimum atomic E-state index is 0.241. The molecule has 0 fully saturated rings. The van der Waals surface area contributed by atoms with Crippen molar-refractivity contribution < 1.29 is 5.11 Å². The fourth-order valence-corrected chi connectivity index (χ4v) is 1.74. The second-order valence-corrected chi connectivity index (χ2v) is 3.73. The van der Waals surface area contributed by atoms with Crippen LogP contribution < -0.4 is 0 Å². The molecule has 72 valence electrons. The number of aromatic hydroxyl groups is 1. The monoisotopic (exact) mass is 208 g/mol. The van der Waals surface area contributed by atoms with Crippen molar-refractivity contribution in [2.24, 2.45) is 7.05 Å². The first-order valence-corrected chi connectivity index (χ1v) is 4.76. The van der Waals surface area contributed by atoms with Gasteiger partial charge in [0.1, 0.15) is 5.75 Å². The Morgan fingerprint density at radius 1 is 1.43 bits per heavy atom. The number of benzene rings is 1. The molecule has 0 bridgehead atoms. The molecule has 2 aromatic rings. The predicted molar refractivity (Wildman–Crippen MR) is 51.0 cm³/mol. The van der Waals surface area contributed by atoms with Crippen molar-refractivity contribution in [3.05, 3.63) is 24.3 Å². The van der Waals surface area contributed by atoms with Crippen LogP contribution in [0.2, 0.25) is 0 Å². The summed E-state index contributed by atoms with van der Waals surface area (Å²) in [5, 5.41) is 21.0. The second kappa shape index (κ2) is 3.67. The lowest BCUT2D eigenvalue weighted by Gasteiger charge is -1.99. The molecule has 1 heterocycles. The van der Waals surface area contributed by atoms with Gasteiger partial charge in [-0.3, -0.25) is 0 Å². The predicted octanol–water partition coefficient (Wildman–Crippen LogP) is 1.07. The first-order valence-electron chi connectivity index (χ1n) is 3.95. The van der Waals surface area contributed by atoms with Gasteiger partial charge in [0.05, 0.1) is 0 Å². The van der Waals surface area contributed by atoms with Crippen LogP contribution >= 0.6 is 11.8 Å². The molecule has 0 radical (unpaired) electrons. The molecular weight excluding hydrogens is 200 g/mol. The summed E-state index contributed by atoms with van der Waals surface area (Å²) in [6.07, 6.45) is 0. The third kappa shape index (κ3) is 1.85. The van der Waals surface area contributed by atoms with E-state index in [2.05, 4.69) is 15.5 Å². The van der Waals surface area contributed by atoms with Gasteiger partial charge in [-0.15, -0.1) is 5.10 Å². The van der Waals surface area contributed by atoms with Crippen molar-refractivity contribution in [1.82, 2.24) is 20.2 Å². The lowest BCUT2D eigenvalue weighted by Crippen LogP contribution is -1.92. The zero-order valence-corrected chi connectivity index (χ0v) is 8.27. The van der Waals surface area contributed by atoms with Gasteiger partial charge in [-0.1, -0.05) is 6.07 Å². The quantitative estimate of drug-likeness (QED) is 0.799. The zero-order chi connectivity index (χ0) is 9.97. The smallest absolute Gasteiger partial charge is 0.213 e. The maximum atomic E-state index is 9.24. The van der Waals surface area contributed by atoms with Crippen molar-refractivity contribution in [2.45, 2.75) is 10.1 Å². The molecule has 6 heteroatoms. The molecule has 0 spiro atoms. The highest BCUT2D eigenvalue weighted by atomic mass is 32.2. The number of phenols is 1. The summed E-state index contributed by atoms with van der Waals surface area (Å²) in [7, 11) is 1.77. The van der Waals surface area contributed by atoms with Crippen LogP contribution in [0.15, 0.2) is 34.3 Å². The van der Waals surface area contributed by atoms with Crippen molar-refractivity contribution >= 4 is 11.8 Å². The van der Waals surface area contributed by atoms with E-state index in [0.29, 0.717) is 5.16 Å². The van der Waals surface area contributed by atoms with Gasteiger partial charge in [-0.2, -0.15) is 0 Å². The first-order chi connectivity index (χ1) is 6.75.